The molecule has 128 valence electrons. The van der Waals surface area contributed by atoms with Gasteiger partial charge in [0.15, 0.2) is 11.5 Å². The number of ether oxygens (including phenoxy) is 2. The Morgan fingerprint density at radius 2 is 1.83 bits per heavy atom. The third kappa shape index (κ3) is 4.63. The van der Waals surface area contributed by atoms with Crippen LogP contribution in [0.15, 0.2) is 48.5 Å². The summed E-state index contributed by atoms with van der Waals surface area (Å²) in [7, 11) is 3.05. The second-order valence-electron chi connectivity index (χ2n) is 5.14. The number of amides is 2. The van der Waals surface area contributed by atoms with Crippen LogP contribution in [0.4, 0.5) is 10.5 Å². The molecule has 0 unspecified atom stereocenters. The van der Waals surface area contributed by atoms with Crippen LogP contribution in [0.2, 0.25) is 0 Å². The van der Waals surface area contributed by atoms with Crippen molar-refractivity contribution in [2.45, 2.75) is 12.5 Å². The molecule has 3 N–H and O–H groups in total. The number of anilines is 1. The molecule has 6 nitrogen and oxygen atoms in total. The Bertz CT molecular complexity index is 661. The largest absolute Gasteiger partial charge is 0.493 e. The van der Waals surface area contributed by atoms with Crippen molar-refractivity contribution in [2.24, 2.45) is 0 Å². The Kier molecular flexibility index (Phi) is 6.45. The molecule has 0 radical (unpaired) electrons. The lowest BCUT2D eigenvalue weighted by atomic mass is 10.1. The molecule has 2 rings (SSSR count). The number of rotatable bonds is 7. The second kappa shape index (κ2) is 8.79. The summed E-state index contributed by atoms with van der Waals surface area (Å²) in [4.78, 5) is 12.0. The fourth-order valence-corrected chi connectivity index (χ4v) is 2.32. The first-order valence-corrected chi connectivity index (χ1v) is 7.64. The van der Waals surface area contributed by atoms with Crippen LogP contribution in [0.25, 0.3) is 0 Å². The molecular weight excluding hydrogens is 308 g/mol. The molecular formula is C18H22N2O4. The Hall–Kier alpha value is -2.73. The summed E-state index contributed by atoms with van der Waals surface area (Å²) in [6.45, 7) is 0.341. The van der Waals surface area contributed by atoms with E-state index < -0.39 is 6.10 Å². The highest BCUT2D eigenvalue weighted by atomic mass is 16.5. The van der Waals surface area contributed by atoms with E-state index in [4.69, 9.17) is 9.47 Å². The van der Waals surface area contributed by atoms with Crippen molar-refractivity contribution in [2.75, 3.05) is 26.1 Å². The van der Waals surface area contributed by atoms with Gasteiger partial charge < -0.3 is 25.2 Å². The SMILES string of the molecule is COc1cccc(NC(=O)NCC[C@H](O)c2ccccc2)c1OC. The van der Waals surface area contributed by atoms with Gasteiger partial charge in [0.05, 0.1) is 26.0 Å². The number of benzene rings is 2. The second-order valence-corrected chi connectivity index (χ2v) is 5.14. The first kappa shape index (κ1) is 17.6. The predicted octanol–water partition coefficient (Wildman–Crippen LogP) is 2.95. The van der Waals surface area contributed by atoms with E-state index in [2.05, 4.69) is 10.6 Å². The summed E-state index contributed by atoms with van der Waals surface area (Å²) >= 11 is 0. The lowest BCUT2D eigenvalue weighted by Crippen LogP contribution is -2.30. The summed E-state index contributed by atoms with van der Waals surface area (Å²) in [5, 5.41) is 15.5. The van der Waals surface area contributed by atoms with Gasteiger partial charge in [-0.15, -0.1) is 0 Å². The number of urea groups is 1. The van der Waals surface area contributed by atoms with Gasteiger partial charge in [-0.1, -0.05) is 36.4 Å². The van der Waals surface area contributed by atoms with E-state index in [0.717, 1.165) is 5.56 Å². The van der Waals surface area contributed by atoms with Gasteiger partial charge in [0.1, 0.15) is 0 Å². The van der Waals surface area contributed by atoms with Crippen LogP contribution in [-0.2, 0) is 0 Å². The first-order valence-electron chi connectivity index (χ1n) is 7.64. The van der Waals surface area contributed by atoms with E-state index >= 15 is 0 Å². The number of carbonyl (C=O) groups is 1. The third-order valence-corrected chi connectivity index (χ3v) is 3.54. The molecule has 0 fully saturated rings. The average Bonchev–Trinajstić information content (AvgIpc) is 2.62. The van der Waals surface area contributed by atoms with Crippen LogP contribution < -0.4 is 20.1 Å². The Balaban J connectivity index is 1.86. The fraction of sp³-hybridized carbons (Fsp3) is 0.278. The standard InChI is InChI=1S/C18H22N2O4/c1-23-16-10-6-9-14(17(16)24-2)20-18(22)19-12-11-15(21)13-7-4-3-5-8-13/h3-10,15,21H,11-12H2,1-2H3,(H2,19,20,22)/t15-/m0/s1. The monoisotopic (exact) mass is 330 g/mol. The van der Waals surface area contributed by atoms with E-state index in [1.54, 1.807) is 18.2 Å². The predicted molar refractivity (Wildman–Crippen MR) is 92.6 cm³/mol. The number of carbonyl (C=O) groups excluding carboxylic acids is 1. The third-order valence-electron chi connectivity index (χ3n) is 3.54. The summed E-state index contributed by atoms with van der Waals surface area (Å²) in [6, 6.07) is 14.2. The van der Waals surface area contributed by atoms with Crippen LogP contribution in [-0.4, -0.2) is 31.9 Å². The summed E-state index contributed by atoms with van der Waals surface area (Å²) in [6.07, 6.45) is -0.190. The maximum Gasteiger partial charge on any atom is 0.319 e. The Morgan fingerprint density at radius 1 is 1.08 bits per heavy atom. The van der Waals surface area contributed by atoms with Crippen molar-refractivity contribution in [3.63, 3.8) is 0 Å². The molecule has 0 aliphatic rings. The van der Waals surface area contributed by atoms with Crippen LogP contribution in [0.1, 0.15) is 18.1 Å². The van der Waals surface area contributed by atoms with Crippen molar-refractivity contribution in [3.8, 4) is 11.5 Å². The quantitative estimate of drug-likeness (QED) is 0.729. The van der Waals surface area contributed by atoms with Gasteiger partial charge in [0.25, 0.3) is 0 Å². The lowest BCUT2D eigenvalue weighted by Gasteiger charge is -2.15. The highest BCUT2D eigenvalue weighted by Gasteiger charge is 2.12. The highest BCUT2D eigenvalue weighted by Crippen LogP contribution is 2.34. The first-order chi connectivity index (χ1) is 11.7. The molecule has 0 aliphatic heterocycles. The highest BCUT2D eigenvalue weighted by molar-refractivity contribution is 5.91. The van der Waals surface area contributed by atoms with Crippen molar-refractivity contribution in [1.29, 1.82) is 0 Å². The van der Waals surface area contributed by atoms with Crippen molar-refractivity contribution in [1.82, 2.24) is 5.32 Å². The van der Waals surface area contributed by atoms with E-state index in [1.807, 2.05) is 30.3 Å². The molecule has 0 saturated carbocycles. The molecule has 0 spiro atoms. The molecule has 0 saturated heterocycles. The smallest absolute Gasteiger partial charge is 0.319 e. The molecule has 0 aromatic heterocycles. The van der Waals surface area contributed by atoms with E-state index in [-0.39, 0.29) is 6.03 Å². The van der Waals surface area contributed by atoms with E-state index in [0.29, 0.717) is 30.2 Å². The van der Waals surface area contributed by atoms with Gasteiger partial charge in [-0.05, 0) is 24.1 Å². The van der Waals surface area contributed by atoms with E-state index in [1.165, 1.54) is 14.2 Å². The van der Waals surface area contributed by atoms with Gasteiger partial charge in [-0.25, -0.2) is 4.79 Å². The van der Waals surface area contributed by atoms with Gasteiger partial charge in [0, 0.05) is 6.54 Å². The van der Waals surface area contributed by atoms with Crippen molar-refractivity contribution in [3.05, 3.63) is 54.1 Å². The number of aliphatic hydroxyl groups is 1. The molecule has 2 aromatic carbocycles. The number of hydrogen-bond acceptors (Lipinski definition) is 4. The number of aliphatic hydroxyl groups excluding tert-OH is 1. The Morgan fingerprint density at radius 3 is 2.50 bits per heavy atom. The zero-order valence-corrected chi connectivity index (χ0v) is 13.8. The van der Waals surface area contributed by atoms with E-state index in [9.17, 15) is 9.90 Å². The summed E-state index contributed by atoms with van der Waals surface area (Å²) < 4.78 is 10.5. The Labute approximate surface area is 141 Å². The number of para-hydroxylation sites is 1. The van der Waals surface area contributed by atoms with Gasteiger partial charge in [-0.2, -0.15) is 0 Å². The zero-order valence-electron chi connectivity index (χ0n) is 13.8. The normalized spacial score (nSPS) is 11.5. The molecule has 0 bridgehead atoms. The molecule has 0 aliphatic carbocycles. The fourth-order valence-electron chi connectivity index (χ4n) is 2.32. The minimum Gasteiger partial charge on any atom is -0.493 e. The molecule has 6 heteroatoms. The van der Waals surface area contributed by atoms with Crippen molar-refractivity contribution >= 4 is 11.7 Å². The summed E-state index contributed by atoms with van der Waals surface area (Å²) in [5.41, 5.74) is 1.34. The minimum absolute atomic E-state index is 0.341. The van der Waals surface area contributed by atoms with Gasteiger partial charge in [0.2, 0.25) is 0 Å². The number of hydrogen-bond donors (Lipinski definition) is 3. The summed E-state index contributed by atoms with van der Waals surface area (Å²) in [5.74, 6) is 0.995. The molecule has 24 heavy (non-hydrogen) atoms. The maximum absolute atomic E-state index is 12.0. The average molecular weight is 330 g/mol. The lowest BCUT2D eigenvalue weighted by molar-refractivity contribution is 0.167. The van der Waals surface area contributed by atoms with Crippen molar-refractivity contribution < 1.29 is 19.4 Å². The topological polar surface area (TPSA) is 79.8 Å². The molecule has 0 heterocycles. The van der Waals surface area contributed by atoms with Crippen LogP contribution in [0, 0.1) is 0 Å². The zero-order chi connectivity index (χ0) is 17.4. The van der Waals surface area contributed by atoms with Crippen LogP contribution in [0.5, 0.6) is 11.5 Å². The van der Waals surface area contributed by atoms with Crippen LogP contribution in [0.3, 0.4) is 0 Å². The maximum atomic E-state index is 12.0. The molecule has 2 aromatic rings. The number of methoxy groups -OCH3 is 2. The van der Waals surface area contributed by atoms with Crippen LogP contribution >= 0.6 is 0 Å². The number of nitrogens with one attached hydrogen (secondary N) is 2. The van der Waals surface area contributed by atoms with Gasteiger partial charge >= 0.3 is 6.03 Å². The van der Waals surface area contributed by atoms with Gasteiger partial charge in [-0.3, -0.25) is 0 Å². The molecule has 1 atom stereocenters. The minimum atomic E-state index is -0.613. The molecule has 2 amide bonds.